The maximum absolute atomic E-state index is 13.2. The fourth-order valence-electron chi connectivity index (χ4n) is 3.15. The molecule has 3 N–H and O–H groups in total. The number of aryl methyl sites for hydroxylation is 1. The highest BCUT2D eigenvalue weighted by atomic mass is 19.1. The number of carbonyl (C=O) groups is 1. The van der Waals surface area contributed by atoms with Crippen molar-refractivity contribution >= 4 is 6.09 Å². The summed E-state index contributed by atoms with van der Waals surface area (Å²) >= 11 is 0. The van der Waals surface area contributed by atoms with E-state index < -0.39 is 11.6 Å². The van der Waals surface area contributed by atoms with Gasteiger partial charge in [0.1, 0.15) is 5.82 Å². The van der Waals surface area contributed by atoms with Gasteiger partial charge in [-0.1, -0.05) is 12.1 Å². The van der Waals surface area contributed by atoms with Crippen molar-refractivity contribution in [3.63, 3.8) is 0 Å². The summed E-state index contributed by atoms with van der Waals surface area (Å²) in [6, 6.07) is 4.72. The molecule has 21 heavy (non-hydrogen) atoms. The van der Waals surface area contributed by atoms with E-state index in [0.29, 0.717) is 25.8 Å². The molecular weight excluding hydrogens is 271 g/mol. The zero-order chi connectivity index (χ0) is 15.5. The lowest BCUT2D eigenvalue weighted by Crippen LogP contribution is -2.54. The quantitative estimate of drug-likeness (QED) is 0.747. The third-order valence-corrected chi connectivity index (χ3v) is 4.10. The summed E-state index contributed by atoms with van der Waals surface area (Å²) in [5.74, 6) is -0.256. The second-order valence-electron chi connectivity index (χ2n) is 5.67. The normalized spacial score (nSPS) is 25.3. The van der Waals surface area contributed by atoms with Gasteiger partial charge >= 0.3 is 6.09 Å². The molecule has 1 aliphatic heterocycles. The van der Waals surface area contributed by atoms with Crippen LogP contribution in [-0.4, -0.2) is 23.3 Å². The van der Waals surface area contributed by atoms with E-state index in [4.69, 9.17) is 5.11 Å². The molecule has 0 unspecified atom stereocenters. The van der Waals surface area contributed by atoms with E-state index in [0.717, 1.165) is 11.1 Å². The summed E-state index contributed by atoms with van der Waals surface area (Å²) in [6.07, 6.45) is 2.64. The first kappa shape index (κ1) is 15.5. The van der Waals surface area contributed by atoms with Gasteiger partial charge in [-0.15, -0.1) is 6.58 Å². The van der Waals surface area contributed by atoms with Crippen molar-refractivity contribution in [3.05, 3.63) is 47.8 Å². The van der Waals surface area contributed by atoms with E-state index in [-0.39, 0.29) is 11.9 Å². The van der Waals surface area contributed by atoms with Crippen molar-refractivity contribution in [1.29, 1.82) is 0 Å². The summed E-state index contributed by atoms with van der Waals surface area (Å²) in [4.78, 5) is 11.1. The largest absolute Gasteiger partial charge is 0.465 e. The summed E-state index contributed by atoms with van der Waals surface area (Å²) in [6.45, 7) is 6.30. The van der Waals surface area contributed by atoms with Crippen molar-refractivity contribution in [2.45, 2.75) is 37.8 Å². The predicted octanol–water partition coefficient (Wildman–Crippen LogP) is 3.14. The number of hydrogen-bond acceptors (Lipinski definition) is 2. The molecule has 0 radical (unpaired) electrons. The van der Waals surface area contributed by atoms with E-state index >= 15 is 0 Å². The summed E-state index contributed by atoms with van der Waals surface area (Å²) < 4.78 is 13.2. The highest BCUT2D eigenvalue weighted by molar-refractivity contribution is 5.65. The minimum Gasteiger partial charge on any atom is -0.465 e. The van der Waals surface area contributed by atoms with Gasteiger partial charge < -0.3 is 15.7 Å². The Balaban J connectivity index is 2.25. The fourth-order valence-corrected chi connectivity index (χ4v) is 3.15. The summed E-state index contributed by atoms with van der Waals surface area (Å²) in [5, 5.41) is 15.1. The van der Waals surface area contributed by atoms with Crippen molar-refractivity contribution in [1.82, 2.24) is 10.6 Å². The first-order valence-electron chi connectivity index (χ1n) is 7.07. The van der Waals surface area contributed by atoms with Crippen LogP contribution >= 0.6 is 0 Å². The molecule has 5 heteroatoms. The molecule has 1 heterocycles. The lowest BCUT2D eigenvalue weighted by Gasteiger charge is -2.41. The Bertz CT molecular complexity index is 547. The number of hydrogen-bond donors (Lipinski definition) is 3. The minimum atomic E-state index is -1.02. The molecule has 4 nitrogen and oxygen atoms in total. The molecule has 0 saturated carbocycles. The maximum Gasteiger partial charge on any atom is 0.405 e. The average molecular weight is 292 g/mol. The highest BCUT2D eigenvalue weighted by Crippen LogP contribution is 2.34. The van der Waals surface area contributed by atoms with Crippen LogP contribution in [0.4, 0.5) is 9.18 Å². The van der Waals surface area contributed by atoms with Crippen molar-refractivity contribution in [3.8, 4) is 0 Å². The molecule has 1 aliphatic rings. The van der Waals surface area contributed by atoms with Crippen LogP contribution in [0.25, 0.3) is 0 Å². The van der Waals surface area contributed by atoms with Gasteiger partial charge in [-0.05, 0) is 56.0 Å². The van der Waals surface area contributed by atoms with Crippen LogP contribution in [0.15, 0.2) is 30.9 Å². The Morgan fingerprint density at radius 1 is 1.67 bits per heavy atom. The van der Waals surface area contributed by atoms with Gasteiger partial charge in [-0.25, -0.2) is 9.18 Å². The highest BCUT2D eigenvalue weighted by Gasteiger charge is 2.37. The predicted molar refractivity (Wildman–Crippen MR) is 79.8 cm³/mol. The van der Waals surface area contributed by atoms with Gasteiger partial charge in [-0.2, -0.15) is 0 Å². The van der Waals surface area contributed by atoms with E-state index in [9.17, 15) is 9.18 Å². The van der Waals surface area contributed by atoms with Crippen LogP contribution in [0.1, 0.15) is 36.4 Å². The van der Waals surface area contributed by atoms with E-state index in [2.05, 4.69) is 17.2 Å². The topological polar surface area (TPSA) is 61.4 Å². The van der Waals surface area contributed by atoms with Crippen molar-refractivity contribution in [2.24, 2.45) is 0 Å². The second kappa shape index (κ2) is 6.26. The van der Waals surface area contributed by atoms with Gasteiger partial charge in [0.25, 0.3) is 0 Å². The number of rotatable bonds is 4. The van der Waals surface area contributed by atoms with E-state index in [1.165, 1.54) is 12.1 Å². The van der Waals surface area contributed by atoms with Crippen LogP contribution in [0, 0.1) is 12.7 Å². The molecule has 1 aromatic carbocycles. The van der Waals surface area contributed by atoms with Crippen LogP contribution in [-0.2, 0) is 0 Å². The number of benzene rings is 1. The molecule has 114 valence electrons. The fraction of sp³-hybridized carbons (Fsp3) is 0.438. The first-order chi connectivity index (χ1) is 9.96. The number of piperidine rings is 1. The number of nitrogens with one attached hydrogen (secondary N) is 2. The van der Waals surface area contributed by atoms with Crippen LogP contribution in [0.2, 0.25) is 0 Å². The number of amides is 1. The second-order valence-corrected chi connectivity index (χ2v) is 5.67. The van der Waals surface area contributed by atoms with Crippen LogP contribution in [0.3, 0.4) is 0 Å². The number of carboxylic acid groups (broad SMARTS) is 1. The average Bonchev–Trinajstić information content (AvgIpc) is 2.38. The lowest BCUT2D eigenvalue weighted by molar-refractivity contribution is 0.156. The zero-order valence-electron chi connectivity index (χ0n) is 12.2. The van der Waals surface area contributed by atoms with Gasteiger partial charge in [0, 0.05) is 11.6 Å². The third-order valence-electron chi connectivity index (χ3n) is 4.10. The molecule has 2 atom stereocenters. The molecule has 0 spiro atoms. The van der Waals surface area contributed by atoms with Gasteiger partial charge in [0.05, 0.1) is 0 Å². The van der Waals surface area contributed by atoms with E-state index in [1.54, 1.807) is 12.1 Å². The van der Waals surface area contributed by atoms with Crippen molar-refractivity contribution in [2.75, 3.05) is 6.54 Å². The smallest absolute Gasteiger partial charge is 0.405 e. The number of halogens is 1. The zero-order valence-corrected chi connectivity index (χ0v) is 12.2. The van der Waals surface area contributed by atoms with Gasteiger partial charge in [0.2, 0.25) is 0 Å². The van der Waals surface area contributed by atoms with Crippen LogP contribution in [0.5, 0.6) is 0 Å². The Morgan fingerprint density at radius 2 is 2.43 bits per heavy atom. The molecule has 0 aliphatic carbocycles. The monoisotopic (exact) mass is 292 g/mol. The molecule has 1 saturated heterocycles. The lowest BCUT2D eigenvalue weighted by atomic mass is 9.79. The first-order valence-corrected chi connectivity index (χ1v) is 7.07. The Morgan fingerprint density at radius 3 is 3.05 bits per heavy atom. The molecule has 0 bridgehead atoms. The molecular formula is C16H21FN2O2. The Hall–Kier alpha value is -1.88. The molecule has 0 aromatic heterocycles. The SMILES string of the molecule is C=CC[C@]1(NC(=O)O)CCN[C@@H](c2ccc(F)cc2C)C1. The molecule has 1 aromatic rings. The molecule has 2 rings (SSSR count). The summed E-state index contributed by atoms with van der Waals surface area (Å²) in [5.41, 5.74) is 1.37. The maximum atomic E-state index is 13.2. The van der Waals surface area contributed by atoms with Gasteiger partial charge in [0.15, 0.2) is 0 Å². The Labute approximate surface area is 124 Å². The molecule has 1 fully saturated rings. The standard InChI is InChI=1S/C16H21FN2O2/c1-3-6-16(19-15(20)21)7-8-18-14(10-16)13-5-4-12(17)9-11(13)2/h3-5,9,14,18-19H,1,6-8,10H2,2H3,(H,20,21)/t14-,16+/m1/s1. The Kier molecular flexibility index (Phi) is 4.63. The van der Waals surface area contributed by atoms with Gasteiger partial charge in [-0.3, -0.25) is 0 Å². The molecule has 1 amide bonds. The van der Waals surface area contributed by atoms with E-state index in [1.807, 2.05) is 6.92 Å². The summed E-state index contributed by atoms with van der Waals surface area (Å²) in [7, 11) is 0. The third kappa shape index (κ3) is 3.61. The minimum absolute atomic E-state index is 0.00569. The van der Waals surface area contributed by atoms with Crippen molar-refractivity contribution < 1.29 is 14.3 Å². The van der Waals surface area contributed by atoms with Crippen LogP contribution < -0.4 is 10.6 Å².